The van der Waals surface area contributed by atoms with Crippen molar-refractivity contribution in [3.05, 3.63) is 80.4 Å². The van der Waals surface area contributed by atoms with Gasteiger partial charge in [0.15, 0.2) is 5.78 Å². The van der Waals surface area contributed by atoms with Gasteiger partial charge in [-0.25, -0.2) is 0 Å². The number of aromatic amines is 1. The molecule has 1 aliphatic carbocycles. The lowest BCUT2D eigenvalue weighted by molar-refractivity contribution is 0.103. The number of nitrogens with one attached hydrogen (secondary N) is 1. The van der Waals surface area contributed by atoms with E-state index in [1.807, 2.05) is 42.5 Å². The van der Waals surface area contributed by atoms with Crippen LogP contribution in [0.5, 0.6) is 0 Å². The van der Waals surface area contributed by atoms with Gasteiger partial charge in [-0.05, 0) is 23.6 Å². The van der Waals surface area contributed by atoms with Gasteiger partial charge >= 0.3 is 0 Å². The Hall–Kier alpha value is -2.72. The summed E-state index contributed by atoms with van der Waals surface area (Å²) in [4.78, 5) is 29.3. The summed E-state index contributed by atoms with van der Waals surface area (Å²) in [6, 6.07) is 17.0. The Morgan fingerprint density at radius 2 is 1.62 bits per heavy atom. The highest BCUT2D eigenvalue weighted by Gasteiger charge is 2.28. The first kappa shape index (κ1) is 13.7. The summed E-state index contributed by atoms with van der Waals surface area (Å²) >= 11 is 3.39. The number of benzene rings is 3. The Labute approximate surface area is 145 Å². The van der Waals surface area contributed by atoms with Crippen LogP contribution in [0.15, 0.2) is 63.9 Å². The van der Waals surface area contributed by atoms with Gasteiger partial charge < -0.3 is 4.98 Å². The second kappa shape index (κ2) is 4.65. The molecule has 1 aliphatic rings. The molecular weight excluding hydrogens is 366 g/mol. The smallest absolute Gasteiger partial charge is 0.201 e. The van der Waals surface area contributed by atoms with Crippen LogP contribution in [-0.4, -0.2) is 10.8 Å². The van der Waals surface area contributed by atoms with Crippen LogP contribution in [-0.2, 0) is 0 Å². The van der Waals surface area contributed by atoms with Crippen LogP contribution in [0.1, 0.15) is 15.9 Å². The van der Waals surface area contributed by atoms with Gasteiger partial charge in [0.1, 0.15) is 0 Å². The lowest BCUT2D eigenvalue weighted by Crippen LogP contribution is -2.22. The summed E-state index contributed by atoms with van der Waals surface area (Å²) in [5.74, 6) is -0.211. The monoisotopic (exact) mass is 375 g/mol. The molecule has 0 fully saturated rings. The number of halogens is 1. The normalized spacial score (nSPS) is 12.6. The number of hydrogen-bond acceptors (Lipinski definition) is 2. The number of ketones is 1. The number of carbonyl (C=O) groups is 1. The molecule has 0 saturated heterocycles. The molecular formula is C20H10BrNO2. The molecule has 1 N–H and O–H groups in total. The van der Waals surface area contributed by atoms with Gasteiger partial charge in [0.25, 0.3) is 0 Å². The molecule has 114 valence electrons. The summed E-state index contributed by atoms with van der Waals surface area (Å²) in [5.41, 5.74) is 2.84. The lowest BCUT2D eigenvalue weighted by Gasteiger charge is -2.19. The first-order chi connectivity index (χ1) is 11.6. The molecule has 5 rings (SSSR count). The second-order valence-electron chi connectivity index (χ2n) is 5.93. The number of H-pyrrole nitrogens is 1. The van der Waals surface area contributed by atoms with E-state index < -0.39 is 0 Å². The molecule has 4 aromatic rings. The molecule has 0 bridgehead atoms. The minimum atomic E-state index is -0.225. The molecule has 0 saturated carbocycles. The Kier molecular flexibility index (Phi) is 2.65. The van der Waals surface area contributed by atoms with Crippen molar-refractivity contribution in [2.24, 2.45) is 0 Å². The Balaban J connectivity index is 2.04. The highest BCUT2D eigenvalue weighted by molar-refractivity contribution is 9.10. The van der Waals surface area contributed by atoms with Crippen LogP contribution in [0.4, 0.5) is 0 Å². The van der Waals surface area contributed by atoms with E-state index >= 15 is 0 Å². The van der Waals surface area contributed by atoms with E-state index in [9.17, 15) is 9.59 Å². The highest BCUT2D eigenvalue weighted by atomic mass is 79.9. The van der Waals surface area contributed by atoms with Crippen molar-refractivity contribution in [1.29, 1.82) is 0 Å². The van der Waals surface area contributed by atoms with Crippen molar-refractivity contribution >= 4 is 43.4 Å². The van der Waals surface area contributed by atoms with Crippen LogP contribution in [0.3, 0.4) is 0 Å². The molecule has 4 heteroatoms. The fourth-order valence-electron chi connectivity index (χ4n) is 3.55. The first-order valence-corrected chi connectivity index (χ1v) is 8.37. The van der Waals surface area contributed by atoms with Gasteiger partial charge in [-0.2, -0.15) is 0 Å². The van der Waals surface area contributed by atoms with Gasteiger partial charge in [-0.3, -0.25) is 9.59 Å². The van der Waals surface area contributed by atoms with Crippen molar-refractivity contribution in [3.8, 4) is 11.3 Å². The third kappa shape index (κ3) is 1.66. The van der Waals surface area contributed by atoms with E-state index in [1.165, 1.54) is 0 Å². The second-order valence-corrected chi connectivity index (χ2v) is 6.85. The molecule has 1 aromatic heterocycles. The van der Waals surface area contributed by atoms with Crippen molar-refractivity contribution in [2.75, 3.05) is 0 Å². The standard InChI is InChI=1S/C20H10BrNO2/c21-11-7-8-15-14(9-11)20(24)17-18(22-15)12-5-1-3-10-4-2-6-13(16(10)12)19(17)23/h1-9H,(H,22,24). The van der Waals surface area contributed by atoms with Crippen molar-refractivity contribution < 1.29 is 4.79 Å². The van der Waals surface area contributed by atoms with Crippen molar-refractivity contribution in [2.45, 2.75) is 0 Å². The van der Waals surface area contributed by atoms with Gasteiger partial charge in [0.2, 0.25) is 5.43 Å². The first-order valence-electron chi connectivity index (χ1n) is 7.57. The van der Waals surface area contributed by atoms with Crippen LogP contribution < -0.4 is 5.43 Å². The maximum absolute atomic E-state index is 13.0. The fourth-order valence-corrected chi connectivity index (χ4v) is 3.91. The quantitative estimate of drug-likeness (QED) is 0.428. The van der Waals surface area contributed by atoms with E-state index in [0.717, 1.165) is 26.3 Å². The zero-order valence-electron chi connectivity index (χ0n) is 12.4. The number of carbonyl (C=O) groups excluding carboxylic acids is 1. The molecule has 3 aromatic carbocycles. The fraction of sp³-hybridized carbons (Fsp3) is 0. The van der Waals surface area contributed by atoms with Crippen LogP contribution in [0.25, 0.3) is 32.9 Å². The minimum Gasteiger partial charge on any atom is -0.354 e. The zero-order chi connectivity index (χ0) is 16.4. The Morgan fingerprint density at radius 3 is 2.42 bits per heavy atom. The summed E-state index contributed by atoms with van der Waals surface area (Å²) in [6.45, 7) is 0. The van der Waals surface area contributed by atoms with E-state index in [0.29, 0.717) is 16.6 Å². The molecule has 3 nitrogen and oxygen atoms in total. The summed E-state index contributed by atoms with van der Waals surface area (Å²) < 4.78 is 0.811. The number of rotatable bonds is 0. The number of aromatic nitrogens is 1. The summed E-state index contributed by atoms with van der Waals surface area (Å²) in [7, 11) is 0. The molecule has 24 heavy (non-hydrogen) atoms. The summed E-state index contributed by atoms with van der Waals surface area (Å²) in [6.07, 6.45) is 0. The molecule has 0 radical (unpaired) electrons. The molecule has 0 aliphatic heterocycles. The average molecular weight is 376 g/mol. The third-order valence-electron chi connectivity index (χ3n) is 4.61. The number of pyridine rings is 1. The van der Waals surface area contributed by atoms with E-state index in [4.69, 9.17) is 0 Å². The van der Waals surface area contributed by atoms with Gasteiger partial charge in [-0.15, -0.1) is 0 Å². The SMILES string of the molecule is O=C1c2c([nH]c3ccc(Br)cc3c2=O)-c2cccc3cccc1c23. The molecule has 0 atom stereocenters. The predicted octanol–water partition coefficient (Wildman–Crippen LogP) is 4.66. The zero-order valence-corrected chi connectivity index (χ0v) is 14.0. The van der Waals surface area contributed by atoms with Gasteiger partial charge in [0.05, 0.1) is 11.3 Å². The molecule has 0 unspecified atom stereocenters. The molecule has 0 amide bonds. The van der Waals surface area contributed by atoms with Crippen LogP contribution >= 0.6 is 15.9 Å². The molecule has 1 heterocycles. The van der Waals surface area contributed by atoms with Crippen molar-refractivity contribution in [1.82, 2.24) is 4.98 Å². The molecule has 0 spiro atoms. The maximum Gasteiger partial charge on any atom is 0.201 e. The predicted molar refractivity (Wildman–Crippen MR) is 98.6 cm³/mol. The lowest BCUT2D eigenvalue weighted by atomic mass is 9.85. The minimum absolute atomic E-state index is 0.211. The van der Waals surface area contributed by atoms with E-state index in [2.05, 4.69) is 20.9 Å². The maximum atomic E-state index is 13.0. The van der Waals surface area contributed by atoms with Crippen molar-refractivity contribution in [3.63, 3.8) is 0 Å². The van der Waals surface area contributed by atoms with E-state index in [1.54, 1.807) is 12.1 Å². The van der Waals surface area contributed by atoms with Crippen LogP contribution in [0, 0.1) is 0 Å². The highest BCUT2D eigenvalue weighted by Crippen LogP contribution is 2.37. The van der Waals surface area contributed by atoms with E-state index in [-0.39, 0.29) is 16.8 Å². The Bertz CT molecular complexity index is 1250. The van der Waals surface area contributed by atoms with Gasteiger partial charge in [0, 0.05) is 31.9 Å². The van der Waals surface area contributed by atoms with Gasteiger partial charge in [-0.1, -0.05) is 52.3 Å². The number of fused-ring (bicyclic) bond motifs is 3. The third-order valence-corrected chi connectivity index (χ3v) is 5.10. The number of hydrogen-bond donors (Lipinski definition) is 1. The Morgan fingerprint density at radius 1 is 0.875 bits per heavy atom. The topological polar surface area (TPSA) is 49.9 Å². The largest absolute Gasteiger partial charge is 0.354 e. The summed E-state index contributed by atoms with van der Waals surface area (Å²) in [5, 5.41) is 2.42. The average Bonchev–Trinajstić information content (AvgIpc) is 2.60. The van der Waals surface area contributed by atoms with Crippen LogP contribution in [0.2, 0.25) is 0 Å².